The summed E-state index contributed by atoms with van der Waals surface area (Å²) in [7, 11) is 0. The lowest BCUT2D eigenvalue weighted by Crippen LogP contribution is -2.48. The predicted octanol–water partition coefficient (Wildman–Crippen LogP) is 5.92. The minimum Gasteiger partial charge on any atom is -0.507 e. The van der Waals surface area contributed by atoms with Crippen LogP contribution in [0.3, 0.4) is 0 Å². The lowest BCUT2D eigenvalue weighted by Gasteiger charge is -2.36. The first-order valence-electron chi connectivity index (χ1n) is 12.0. The number of amides is 1. The second-order valence-electron chi connectivity index (χ2n) is 11.2. The summed E-state index contributed by atoms with van der Waals surface area (Å²) < 4.78 is 14.2. The van der Waals surface area contributed by atoms with Crippen LogP contribution in [0.1, 0.15) is 58.2 Å². The van der Waals surface area contributed by atoms with Crippen molar-refractivity contribution in [3.8, 4) is 5.75 Å². The van der Waals surface area contributed by atoms with Gasteiger partial charge in [0, 0.05) is 37.3 Å². The van der Waals surface area contributed by atoms with Crippen molar-refractivity contribution in [3.63, 3.8) is 0 Å². The summed E-state index contributed by atoms with van der Waals surface area (Å²) in [6, 6.07) is 10.8. The molecule has 2 aromatic rings. The molecule has 2 aromatic carbocycles. The molecule has 35 heavy (non-hydrogen) atoms. The van der Waals surface area contributed by atoms with Crippen molar-refractivity contribution in [1.82, 2.24) is 4.90 Å². The largest absolute Gasteiger partial charge is 0.507 e. The van der Waals surface area contributed by atoms with Gasteiger partial charge in [0.05, 0.1) is 10.6 Å². The van der Waals surface area contributed by atoms with Crippen LogP contribution in [0.15, 0.2) is 46.3 Å². The zero-order chi connectivity index (χ0) is 25.5. The first-order valence-corrected chi connectivity index (χ1v) is 12.8. The first-order chi connectivity index (χ1) is 16.3. The summed E-state index contributed by atoms with van der Waals surface area (Å²) in [5.41, 5.74) is 2.72. The SMILES string of the molecule is CC(C)(C)c1cc(/C=C2\SC(N3CCN(c4ccccc4F)CC3)=NC2=O)cc(C(C)(C)C)c1O. The molecule has 1 saturated heterocycles. The number of aromatic hydroxyl groups is 1. The van der Waals surface area contributed by atoms with Crippen LogP contribution in [-0.2, 0) is 15.6 Å². The van der Waals surface area contributed by atoms with Gasteiger partial charge in [-0.05, 0) is 58.5 Å². The number of halogens is 1. The molecule has 0 atom stereocenters. The number of carbonyl (C=O) groups is 1. The van der Waals surface area contributed by atoms with E-state index in [0.29, 0.717) is 47.7 Å². The van der Waals surface area contributed by atoms with E-state index >= 15 is 0 Å². The molecule has 0 aromatic heterocycles. The predicted molar refractivity (Wildman–Crippen MR) is 144 cm³/mol. The maximum absolute atomic E-state index is 14.2. The molecule has 0 bridgehead atoms. The van der Waals surface area contributed by atoms with Crippen LogP contribution in [0.25, 0.3) is 6.08 Å². The van der Waals surface area contributed by atoms with Crippen LogP contribution in [0, 0.1) is 5.82 Å². The van der Waals surface area contributed by atoms with E-state index in [0.717, 1.165) is 16.7 Å². The molecule has 7 heteroatoms. The highest BCUT2D eigenvalue weighted by molar-refractivity contribution is 8.18. The van der Waals surface area contributed by atoms with E-state index in [4.69, 9.17) is 0 Å². The molecule has 5 nitrogen and oxygen atoms in total. The summed E-state index contributed by atoms with van der Waals surface area (Å²) in [4.78, 5) is 21.8. The van der Waals surface area contributed by atoms with Crippen LogP contribution in [-0.4, -0.2) is 47.3 Å². The second kappa shape index (κ2) is 9.34. The van der Waals surface area contributed by atoms with Gasteiger partial charge in [0.1, 0.15) is 11.6 Å². The number of benzene rings is 2. The number of para-hydroxylation sites is 1. The Morgan fingerprint density at radius 1 is 0.943 bits per heavy atom. The number of hydrogen-bond donors (Lipinski definition) is 1. The standard InChI is InChI=1S/C28H34FN3O2S/c1-27(2,3)19-15-18(16-20(24(19)33)28(4,5)6)17-23-25(34)30-26(35-23)32-13-11-31(12-14-32)22-10-8-7-9-21(22)29/h7-10,15-17,33H,11-14H2,1-6H3/b23-17-. The third kappa shape index (κ3) is 5.40. The number of carbonyl (C=O) groups excluding carboxylic acids is 1. The molecule has 186 valence electrons. The molecule has 0 radical (unpaired) electrons. The highest BCUT2D eigenvalue weighted by atomic mass is 32.2. The van der Waals surface area contributed by atoms with E-state index < -0.39 is 0 Å². The van der Waals surface area contributed by atoms with Gasteiger partial charge >= 0.3 is 0 Å². The van der Waals surface area contributed by atoms with Crippen molar-refractivity contribution in [2.75, 3.05) is 31.1 Å². The van der Waals surface area contributed by atoms with Crippen molar-refractivity contribution >= 4 is 34.6 Å². The summed E-state index contributed by atoms with van der Waals surface area (Å²) >= 11 is 1.38. The Hall–Kier alpha value is -2.80. The molecule has 0 unspecified atom stereocenters. The highest BCUT2D eigenvalue weighted by Crippen LogP contribution is 2.41. The maximum atomic E-state index is 14.2. The molecule has 4 rings (SSSR count). The molecule has 1 N–H and O–H groups in total. The average molecular weight is 496 g/mol. The molecule has 2 aliphatic heterocycles. The Morgan fingerprint density at radius 2 is 1.49 bits per heavy atom. The molecule has 0 aliphatic carbocycles. The number of hydrogen-bond acceptors (Lipinski definition) is 5. The van der Waals surface area contributed by atoms with Gasteiger partial charge in [-0.2, -0.15) is 4.99 Å². The van der Waals surface area contributed by atoms with Crippen molar-refractivity contribution in [1.29, 1.82) is 0 Å². The fourth-order valence-corrected chi connectivity index (χ4v) is 5.38. The number of rotatable bonds is 2. The molecule has 0 spiro atoms. The normalized spacial score (nSPS) is 18.4. The van der Waals surface area contributed by atoms with E-state index in [1.807, 2.05) is 29.2 Å². The lowest BCUT2D eigenvalue weighted by atomic mass is 9.78. The summed E-state index contributed by atoms with van der Waals surface area (Å²) in [6.07, 6.45) is 1.88. The quantitative estimate of drug-likeness (QED) is 0.524. The summed E-state index contributed by atoms with van der Waals surface area (Å²) in [5.74, 6) is -0.140. The number of phenols is 1. The van der Waals surface area contributed by atoms with E-state index in [2.05, 4.69) is 51.4 Å². The zero-order valence-corrected chi connectivity index (χ0v) is 22.2. The van der Waals surface area contributed by atoms with Gasteiger partial charge in [-0.15, -0.1) is 0 Å². The van der Waals surface area contributed by atoms with Crippen molar-refractivity contribution in [2.45, 2.75) is 52.4 Å². The number of amidine groups is 1. The van der Waals surface area contributed by atoms with Crippen LogP contribution in [0.5, 0.6) is 5.75 Å². The fourth-order valence-electron chi connectivity index (χ4n) is 4.42. The van der Waals surface area contributed by atoms with Gasteiger partial charge in [0.25, 0.3) is 5.91 Å². The number of nitrogens with zero attached hydrogens (tertiary/aromatic N) is 3. The molecular formula is C28H34FN3O2S. The number of anilines is 1. The minimum absolute atomic E-state index is 0.216. The molecule has 1 fully saturated rings. The molecule has 0 saturated carbocycles. The average Bonchev–Trinajstić information content (AvgIpc) is 3.14. The van der Waals surface area contributed by atoms with Crippen LogP contribution in [0.4, 0.5) is 10.1 Å². The van der Waals surface area contributed by atoms with Crippen molar-refractivity contribution in [2.24, 2.45) is 4.99 Å². The maximum Gasteiger partial charge on any atom is 0.286 e. The number of phenolic OH excluding ortho intramolecular Hbond substituents is 1. The Labute approximate surface area is 211 Å². The molecular weight excluding hydrogens is 461 g/mol. The number of thioether (sulfide) groups is 1. The zero-order valence-electron chi connectivity index (χ0n) is 21.4. The Bertz CT molecular complexity index is 1160. The Balaban J connectivity index is 1.53. The van der Waals surface area contributed by atoms with Crippen LogP contribution in [0.2, 0.25) is 0 Å². The van der Waals surface area contributed by atoms with Crippen molar-refractivity contribution < 1.29 is 14.3 Å². The van der Waals surface area contributed by atoms with Gasteiger partial charge < -0.3 is 14.9 Å². The first kappa shape index (κ1) is 25.3. The second-order valence-corrected chi connectivity index (χ2v) is 12.2. The molecule has 2 aliphatic rings. The third-order valence-electron chi connectivity index (χ3n) is 6.40. The van der Waals surface area contributed by atoms with Crippen LogP contribution < -0.4 is 4.90 Å². The molecule has 1 amide bonds. The minimum atomic E-state index is -0.246. The third-order valence-corrected chi connectivity index (χ3v) is 7.44. The van der Waals surface area contributed by atoms with Crippen molar-refractivity contribution in [3.05, 3.63) is 63.8 Å². The summed E-state index contributed by atoms with van der Waals surface area (Å²) in [6.45, 7) is 15.1. The smallest absolute Gasteiger partial charge is 0.286 e. The van der Waals surface area contributed by atoms with Gasteiger partial charge in [-0.1, -0.05) is 53.7 Å². The highest BCUT2D eigenvalue weighted by Gasteiger charge is 2.30. The Kier molecular flexibility index (Phi) is 6.75. The van der Waals surface area contributed by atoms with E-state index in [-0.39, 0.29) is 22.6 Å². The lowest BCUT2D eigenvalue weighted by molar-refractivity contribution is -0.113. The monoisotopic (exact) mass is 495 g/mol. The fraction of sp³-hybridized carbons (Fsp3) is 0.429. The van der Waals surface area contributed by atoms with Gasteiger partial charge in [-0.3, -0.25) is 4.79 Å². The van der Waals surface area contributed by atoms with E-state index in [1.54, 1.807) is 12.1 Å². The molecule has 2 heterocycles. The topological polar surface area (TPSA) is 56.1 Å². The number of aliphatic imine (C=N–C) groups is 1. The van der Waals surface area contributed by atoms with Gasteiger partial charge in [-0.25, -0.2) is 4.39 Å². The summed E-state index contributed by atoms with van der Waals surface area (Å²) in [5, 5.41) is 11.7. The Morgan fingerprint density at radius 3 is 2.03 bits per heavy atom. The van der Waals surface area contributed by atoms with Crippen LogP contribution >= 0.6 is 11.8 Å². The number of piperazine rings is 1. The van der Waals surface area contributed by atoms with Gasteiger partial charge in [0.15, 0.2) is 5.17 Å². The van der Waals surface area contributed by atoms with Gasteiger partial charge in [0.2, 0.25) is 0 Å². The van der Waals surface area contributed by atoms with E-state index in [9.17, 15) is 14.3 Å². The van der Waals surface area contributed by atoms with E-state index in [1.165, 1.54) is 17.8 Å².